The van der Waals surface area contributed by atoms with E-state index in [4.69, 9.17) is 4.74 Å². The SMILES string of the molecule is O=C(NCCc1c[nH]c2ccccc12)C1CC(=O)N(C2CCOCC2)C1. The molecule has 138 valence electrons. The number of aromatic nitrogens is 1. The summed E-state index contributed by atoms with van der Waals surface area (Å²) in [6, 6.07) is 8.40. The highest BCUT2D eigenvalue weighted by Gasteiger charge is 2.38. The number of fused-ring (bicyclic) bond motifs is 1. The molecule has 2 aliphatic rings. The van der Waals surface area contributed by atoms with Gasteiger partial charge in [-0.05, 0) is 30.9 Å². The van der Waals surface area contributed by atoms with Gasteiger partial charge in [0.05, 0.1) is 5.92 Å². The van der Waals surface area contributed by atoms with Crippen LogP contribution in [0.4, 0.5) is 0 Å². The number of aromatic amines is 1. The molecule has 0 radical (unpaired) electrons. The fourth-order valence-electron chi connectivity index (χ4n) is 4.06. The van der Waals surface area contributed by atoms with E-state index in [1.165, 1.54) is 10.9 Å². The van der Waals surface area contributed by atoms with E-state index >= 15 is 0 Å². The van der Waals surface area contributed by atoms with Crippen LogP contribution in [0.15, 0.2) is 30.5 Å². The van der Waals surface area contributed by atoms with E-state index in [1.54, 1.807) is 0 Å². The number of carbonyl (C=O) groups is 2. The molecule has 0 spiro atoms. The second kappa shape index (κ2) is 7.50. The first-order chi connectivity index (χ1) is 12.7. The minimum atomic E-state index is -0.228. The molecule has 2 aliphatic heterocycles. The van der Waals surface area contributed by atoms with Crippen LogP contribution >= 0.6 is 0 Å². The summed E-state index contributed by atoms with van der Waals surface area (Å²) in [5, 5.41) is 4.21. The van der Waals surface area contributed by atoms with E-state index in [1.807, 2.05) is 29.3 Å². The van der Waals surface area contributed by atoms with Crippen LogP contribution in [0.2, 0.25) is 0 Å². The highest BCUT2D eigenvalue weighted by molar-refractivity contribution is 5.89. The van der Waals surface area contributed by atoms with E-state index in [2.05, 4.69) is 16.4 Å². The van der Waals surface area contributed by atoms with Crippen molar-refractivity contribution < 1.29 is 14.3 Å². The van der Waals surface area contributed by atoms with Crippen LogP contribution in [-0.2, 0) is 20.7 Å². The Bertz CT molecular complexity index is 794. The van der Waals surface area contributed by atoms with Gasteiger partial charge < -0.3 is 19.9 Å². The molecule has 1 aromatic carbocycles. The molecule has 0 saturated carbocycles. The van der Waals surface area contributed by atoms with Gasteiger partial charge in [0.1, 0.15) is 0 Å². The molecular weight excluding hydrogens is 330 g/mol. The smallest absolute Gasteiger partial charge is 0.225 e. The third kappa shape index (κ3) is 3.46. The molecule has 4 rings (SSSR count). The Kier molecular flexibility index (Phi) is 4.93. The van der Waals surface area contributed by atoms with Crippen molar-refractivity contribution in [2.75, 3.05) is 26.3 Å². The number of likely N-dealkylation sites (tertiary alicyclic amines) is 1. The quantitative estimate of drug-likeness (QED) is 0.860. The maximum Gasteiger partial charge on any atom is 0.225 e. The summed E-state index contributed by atoms with van der Waals surface area (Å²) in [7, 11) is 0. The van der Waals surface area contributed by atoms with Crippen molar-refractivity contribution in [2.24, 2.45) is 5.92 Å². The van der Waals surface area contributed by atoms with Gasteiger partial charge in [-0.25, -0.2) is 0 Å². The van der Waals surface area contributed by atoms with Crippen LogP contribution in [0.5, 0.6) is 0 Å². The molecule has 6 heteroatoms. The van der Waals surface area contributed by atoms with Crippen LogP contribution in [0.25, 0.3) is 10.9 Å². The fourth-order valence-corrected chi connectivity index (χ4v) is 4.06. The largest absolute Gasteiger partial charge is 0.381 e. The topological polar surface area (TPSA) is 74.4 Å². The van der Waals surface area contributed by atoms with Gasteiger partial charge in [-0.2, -0.15) is 0 Å². The average Bonchev–Trinajstić information content (AvgIpc) is 3.26. The number of benzene rings is 1. The van der Waals surface area contributed by atoms with Gasteiger partial charge in [0.15, 0.2) is 0 Å². The lowest BCUT2D eigenvalue weighted by Crippen LogP contribution is -2.41. The van der Waals surface area contributed by atoms with Crippen LogP contribution < -0.4 is 5.32 Å². The molecule has 6 nitrogen and oxygen atoms in total. The van der Waals surface area contributed by atoms with Gasteiger partial charge in [0.2, 0.25) is 11.8 Å². The molecule has 26 heavy (non-hydrogen) atoms. The number of nitrogens with one attached hydrogen (secondary N) is 2. The molecule has 0 bridgehead atoms. The van der Waals surface area contributed by atoms with Crippen molar-refractivity contribution in [3.05, 3.63) is 36.0 Å². The van der Waals surface area contributed by atoms with Crippen molar-refractivity contribution >= 4 is 22.7 Å². The minimum absolute atomic E-state index is 0.00671. The number of H-pyrrole nitrogens is 1. The van der Waals surface area contributed by atoms with Crippen molar-refractivity contribution in [2.45, 2.75) is 31.7 Å². The van der Waals surface area contributed by atoms with Crippen LogP contribution in [0.1, 0.15) is 24.8 Å². The van der Waals surface area contributed by atoms with Crippen molar-refractivity contribution in [1.29, 1.82) is 0 Å². The number of para-hydroxylation sites is 1. The number of hydrogen-bond donors (Lipinski definition) is 2. The molecule has 1 aromatic heterocycles. The van der Waals surface area contributed by atoms with Gasteiger partial charge in [-0.3, -0.25) is 9.59 Å². The minimum Gasteiger partial charge on any atom is -0.381 e. The van der Waals surface area contributed by atoms with E-state index in [-0.39, 0.29) is 23.8 Å². The molecule has 2 aromatic rings. The van der Waals surface area contributed by atoms with Crippen molar-refractivity contribution in [3.63, 3.8) is 0 Å². The summed E-state index contributed by atoms with van der Waals surface area (Å²) >= 11 is 0. The summed E-state index contributed by atoms with van der Waals surface area (Å²) < 4.78 is 5.37. The van der Waals surface area contributed by atoms with E-state index < -0.39 is 0 Å². The monoisotopic (exact) mass is 355 g/mol. The second-order valence-electron chi connectivity index (χ2n) is 7.19. The molecular formula is C20H25N3O3. The zero-order valence-corrected chi connectivity index (χ0v) is 14.9. The highest BCUT2D eigenvalue weighted by Crippen LogP contribution is 2.25. The maximum atomic E-state index is 12.5. The van der Waals surface area contributed by atoms with Gasteiger partial charge in [-0.1, -0.05) is 18.2 Å². The predicted octanol–water partition coefficient (Wildman–Crippen LogP) is 1.85. The highest BCUT2D eigenvalue weighted by atomic mass is 16.5. The first-order valence-corrected chi connectivity index (χ1v) is 9.42. The summed E-state index contributed by atoms with van der Waals surface area (Å²) in [6.45, 7) is 2.54. The first-order valence-electron chi connectivity index (χ1n) is 9.42. The molecule has 2 saturated heterocycles. The van der Waals surface area contributed by atoms with Gasteiger partial charge in [0.25, 0.3) is 0 Å². The Morgan fingerprint density at radius 3 is 2.92 bits per heavy atom. The molecule has 3 heterocycles. The average molecular weight is 355 g/mol. The Morgan fingerprint density at radius 2 is 2.08 bits per heavy atom. The van der Waals surface area contributed by atoms with E-state index in [9.17, 15) is 9.59 Å². The standard InChI is InChI=1S/C20H25N3O3/c24-19-11-15(13-23(19)16-6-9-26-10-7-16)20(25)21-8-5-14-12-22-18-4-2-1-3-17(14)18/h1-4,12,15-16,22H,5-11,13H2,(H,21,25). The second-order valence-corrected chi connectivity index (χ2v) is 7.19. The van der Waals surface area contributed by atoms with Crippen LogP contribution in [0, 0.1) is 5.92 Å². The molecule has 0 aliphatic carbocycles. The third-order valence-corrected chi connectivity index (χ3v) is 5.53. The zero-order valence-electron chi connectivity index (χ0n) is 14.9. The van der Waals surface area contributed by atoms with Gasteiger partial charge >= 0.3 is 0 Å². The van der Waals surface area contributed by atoms with Gasteiger partial charge in [-0.15, -0.1) is 0 Å². The summed E-state index contributed by atoms with van der Waals surface area (Å²) in [4.78, 5) is 29.9. The molecule has 2 fully saturated rings. The predicted molar refractivity (Wildman–Crippen MR) is 98.7 cm³/mol. The number of nitrogens with zero attached hydrogens (tertiary/aromatic N) is 1. The lowest BCUT2D eigenvalue weighted by molar-refractivity contribution is -0.131. The zero-order chi connectivity index (χ0) is 17.9. The normalized spacial score (nSPS) is 21.5. The number of amides is 2. The molecule has 1 unspecified atom stereocenters. The Hall–Kier alpha value is -2.34. The lowest BCUT2D eigenvalue weighted by Gasteiger charge is -2.31. The van der Waals surface area contributed by atoms with Crippen LogP contribution in [-0.4, -0.2) is 54.0 Å². The number of rotatable bonds is 5. The Balaban J connectivity index is 1.29. The molecule has 2 N–H and O–H groups in total. The van der Waals surface area contributed by atoms with Crippen molar-refractivity contribution in [1.82, 2.24) is 15.2 Å². The van der Waals surface area contributed by atoms with Crippen LogP contribution in [0.3, 0.4) is 0 Å². The number of ether oxygens (including phenoxy) is 1. The Labute approximate surface area is 152 Å². The molecule has 1 atom stereocenters. The molecule has 2 amide bonds. The Morgan fingerprint density at radius 1 is 1.27 bits per heavy atom. The van der Waals surface area contributed by atoms with E-state index in [0.717, 1.165) is 24.8 Å². The summed E-state index contributed by atoms with van der Waals surface area (Å²) in [5.74, 6) is -0.130. The van der Waals surface area contributed by atoms with Gasteiger partial charge in [0, 0.05) is 55.9 Å². The fraction of sp³-hybridized carbons (Fsp3) is 0.500. The maximum absolute atomic E-state index is 12.5. The lowest BCUT2D eigenvalue weighted by atomic mass is 10.1. The van der Waals surface area contributed by atoms with E-state index in [0.29, 0.717) is 32.7 Å². The number of hydrogen-bond acceptors (Lipinski definition) is 3. The number of carbonyl (C=O) groups excluding carboxylic acids is 2. The summed E-state index contributed by atoms with van der Waals surface area (Å²) in [5.41, 5.74) is 2.31. The van der Waals surface area contributed by atoms with Crippen molar-refractivity contribution in [3.8, 4) is 0 Å². The summed E-state index contributed by atoms with van der Waals surface area (Å²) in [6.07, 6.45) is 4.86. The first kappa shape index (κ1) is 17.1. The third-order valence-electron chi connectivity index (χ3n) is 5.53.